The van der Waals surface area contributed by atoms with Crippen LogP contribution < -0.4 is 14.4 Å². The number of amides is 1. The van der Waals surface area contributed by atoms with Crippen LogP contribution in [-0.2, 0) is 29.6 Å². The van der Waals surface area contributed by atoms with Crippen molar-refractivity contribution in [1.82, 2.24) is 34.4 Å². The van der Waals surface area contributed by atoms with Crippen molar-refractivity contribution in [2.45, 2.75) is 50.9 Å². The Labute approximate surface area is 299 Å². The van der Waals surface area contributed by atoms with Gasteiger partial charge in [-0.1, -0.05) is 24.3 Å². The van der Waals surface area contributed by atoms with E-state index in [0.29, 0.717) is 66.8 Å². The first-order valence-corrected chi connectivity index (χ1v) is 17.9. The van der Waals surface area contributed by atoms with Gasteiger partial charge in [0.15, 0.2) is 11.5 Å². The Hall–Kier alpha value is -5.56. The van der Waals surface area contributed by atoms with Crippen molar-refractivity contribution in [3.63, 3.8) is 0 Å². The summed E-state index contributed by atoms with van der Waals surface area (Å²) in [4.78, 5) is 28.2. The average Bonchev–Trinajstić information content (AvgIpc) is 3.85. The molecule has 3 aromatic carbocycles. The van der Waals surface area contributed by atoms with E-state index in [-0.39, 0.29) is 18.6 Å². The summed E-state index contributed by atoms with van der Waals surface area (Å²) in [6.45, 7) is 2.08. The minimum atomic E-state index is -0.550. The van der Waals surface area contributed by atoms with Gasteiger partial charge in [-0.25, -0.2) is 19.0 Å². The lowest BCUT2D eigenvalue weighted by molar-refractivity contribution is -0.131. The lowest BCUT2D eigenvalue weighted by Crippen LogP contribution is -2.45. The molecule has 12 nitrogen and oxygen atoms in total. The molecule has 1 saturated heterocycles. The van der Waals surface area contributed by atoms with Gasteiger partial charge in [-0.3, -0.25) is 9.48 Å². The van der Waals surface area contributed by atoms with Crippen LogP contribution in [0.5, 0.6) is 11.5 Å². The molecule has 6 bridgehead atoms. The first-order chi connectivity index (χ1) is 25.4. The molecule has 3 aliphatic rings. The van der Waals surface area contributed by atoms with Gasteiger partial charge in [0.1, 0.15) is 47.6 Å². The zero-order chi connectivity index (χ0) is 35.3. The molecule has 3 aromatic heterocycles. The molecule has 266 valence electrons. The van der Waals surface area contributed by atoms with E-state index in [1.165, 1.54) is 12.1 Å². The van der Waals surface area contributed by atoms with Crippen molar-refractivity contribution in [3.8, 4) is 28.3 Å². The Bertz CT molecular complexity index is 2320. The van der Waals surface area contributed by atoms with E-state index in [2.05, 4.69) is 18.2 Å². The first-order valence-electron chi connectivity index (χ1n) is 17.9. The number of fused-ring (bicyclic) bond motifs is 8. The molecule has 9 rings (SSSR count). The van der Waals surface area contributed by atoms with Gasteiger partial charge in [-0.15, -0.1) is 0 Å². The van der Waals surface area contributed by atoms with Gasteiger partial charge in [-0.2, -0.15) is 10.2 Å². The number of aromatic nitrogens is 6. The maximum Gasteiger partial charge on any atom is 0.245 e. The van der Waals surface area contributed by atoms with E-state index >= 15 is 0 Å². The predicted molar refractivity (Wildman–Crippen MR) is 193 cm³/mol. The Morgan fingerprint density at radius 3 is 2.77 bits per heavy atom. The molecular formula is C39H39FN8O4. The molecule has 6 aromatic rings. The van der Waals surface area contributed by atoms with E-state index in [1.54, 1.807) is 16.9 Å². The van der Waals surface area contributed by atoms with Gasteiger partial charge in [0.25, 0.3) is 0 Å². The van der Waals surface area contributed by atoms with Crippen LogP contribution in [0.25, 0.3) is 38.8 Å². The molecule has 1 amide bonds. The van der Waals surface area contributed by atoms with Crippen LogP contribution in [0.1, 0.15) is 37.2 Å². The molecule has 52 heavy (non-hydrogen) atoms. The summed E-state index contributed by atoms with van der Waals surface area (Å²) in [6, 6.07) is 18.3. The number of ether oxygens (including phenoxy) is 3. The molecule has 0 saturated carbocycles. The summed E-state index contributed by atoms with van der Waals surface area (Å²) in [6.07, 6.45) is 4.90. The molecule has 1 fully saturated rings. The number of hydrogen-bond acceptors (Lipinski definition) is 9. The average molecular weight is 703 g/mol. The zero-order valence-corrected chi connectivity index (χ0v) is 29.2. The van der Waals surface area contributed by atoms with Gasteiger partial charge >= 0.3 is 0 Å². The van der Waals surface area contributed by atoms with Crippen molar-refractivity contribution in [2.75, 3.05) is 38.3 Å². The molecule has 2 atom stereocenters. The lowest BCUT2D eigenvalue weighted by Gasteiger charge is -2.29. The van der Waals surface area contributed by atoms with E-state index in [4.69, 9.17) is 34.4 Å². The highest BCUT2D eigenvalue weighted by molar-refractivity contribution is 5.97. The van der Waals surface area contributed by atoms with Crippen LogP contribution in [-0.4, -0.2) is 85.8 Å². The van der Waals surface area contributed by atoms with Gasteiger partial charge < -0.3 is 24.0 Å². The summed E-state index contributed by atoms with van der Waals surface area (Å²) in [5.74, 6) is 1.73. The normalized spacial score (nSPS) is 19.6. The highest BCUT2D eigenvalue weighted by atomic mass is 19.1. The summed E-state index contributed by atoms with van der Waals surface area (Å²) >= 11 is 0. The molecular weight excluding hydrogens is 663 g/mol. The number of halogens is 1. The standard InChI is InChI=1S/C39H39FN8O4/c1-45-15-7-12-32-36-28(10-6-11-30(36)44-46(32)2)24-8-5-9-26(18-24)52-27-20-33(39(45)49)47(22-27)37-29-21-41-48-31-14-13-25(40)19-34(31)51-17-4-3-16-50-23-35(42-37)43-38(29)48/h5-6,8-11,13-14,18-19,21,27,33H,3-4,7,12,15-17,20,22-23H2,1-2H3/t27-,33-/m0/s1. The molecule has 3 aliphatic heterocycles. The van der Waals surface area contributed by atoms with Crippen molar-refractivity contribution in [3.05, 3.63) is 84.2 Å². The van der Waals surface area contributed by atoms with Gasteiger partial charge in [0.2, 0.25) is 5.91 Å². The number of likely N-dealkylation sites (N-methyl/N-ethyl adjacent to an activating group) is 1. The monoisotopic (exact) mass is 702 g/mol. The molecule has 0 unspecified atom stereocenters. The molecule has 0 radical (unpaired) electrons. The summed E-state index contributed by atoms with van der Waals surface area (Å²) in [5, 5.41) is 11.3. The number of carbonyl (C=O) groups excluding carboxylic acids is 1. The predicted octanol–water partition coefficient (Wildman–Crippen LogP) is 5.63. The van der Waals surface area contributed by atoms with E-state index < -0.39 is 11.9 Å². The number of hydrogen-bond donors (Lipinski definition) is 0. The Kier molecular flexibility index (Phi) is 8.22. The summed E-state index contributed by atoms with van der Waals surface area (Å²) in [5.41, 5.74) is 5.32. The van der Waals surface area contributed by atoms with Crippen LogP contribution in [0, 0.1) is 5.82 Å². The number of rotatable bonds is 1. The molecule has 6 heterocycles. The van der Waals surface area contributed by atoms with Crippen LogP contribution >= 0.6 is 0 Å². The van der Waals surface area contributed by atoms with Crippen molar-refractivity contribution >= 4 is 33.7 Å². The maximum absolute atomic E-state index is 14.5. The number of aryl methyl sites for hydroxylation is 2. The molecule has 13 heteroatoms. The minimum Gasteiger partial charge on any atom is -0.491 e. The maximum atomic E-state index is 14.5. The van der Waals surface area contributed by atoms with Gasteiger partial charge in [0.05, 0.1) is 30.3 Å². The van der Waals surface area contributed by atoms with Crippen LogP contribution in [0.15, 0.2) is 66.9 Å². The Balaban J connectivity index is 1.14. The Morgan fingerprint density at radius 2 is 1.85 bits per heavy atom. The molecule has 0 spiro atoms. The highest BCUT2D eigenvalue weighted by Gasteiger charge is 2.41. The largest absolute Gasteiger partial charge is 0.491 e. The van der Waals surface area contributed by atoms with Gasteiger partial charge in [0, 0.05) is 50.8 Å². The SMILES string of the molecule is CN1CCCc2c3c(cccc3nn2C)-c2cccc(c2)O[C@H]2C[C@@H](C1=O)N(c1nc3nc4c1cnn4-c1ccc(F)cc1OCCCCOC3)C2. The van der Waals surface area contributed by atoms with E-state index in [9.17, 15) is 9.18 Å². The zero-order valence-electron chi connectivity index (χ0n) is 29.2. The third kappa shape index (κ3) is 5.78. The molecule has 0 aliphatic carbocycles. The first kappa shape index (κ1) is 32.4. The fourth-order valence-corrected chi connectivity index (χ4v) is 7.79. The van der Waals surface area contributed by atoms with Gasteiger partial charge in [-0.05, 0) is 67.1 Å². The van der Waals surface area contributed by atoms with E-state index in [0.717, 1.165) is 59.2 Å². The van der Waals surface area contributed by atoms with Crippen LogP contribution in [0.4, 0.5) is 10.2 Å². The lowest BCUT2D eigenvalue weighted by atomic mass is 9.98. The van der Waals surface area contributed by atoms with E-state index in [1.807, 2.05) is 52.8 Å². The quantitative estimate of drug-likeness (QED) is 0.215. The Morgan fingerprint density at radius 1 is 0.962 bits per heavy atom. The third-order valence-electron chi connectivity index (χ3n) is 10.3. The van der Waals surface area contributed by atoms with Crippen molar-refractivity contribution in [1.29, 1.82) is 0 Å². The van der Waals surface area contributed by atoms with Crippen LogP contribution in [0.3, 0.4) is 0 Å². The number of nitrogens with zero attached hydrogens (tertiary/aromatic N) is 8. The topological polar surface area (TPSA) is 113 Å². The fourth-order valence-electron chi connectivity index (χ4n) is 7.79. The van der Waals surface area contributed by atoms with Crippen molar-refractivity contribution < 1.29 is 23.4 Å². The number of benzene rings is 3. The summed E-state index contributed by atoms with van der Waals surface area (Å²) in [7, 11) is 3.85. The second-order valence-electron chi connectivity index (χ2n) is 13.8. The fraction of sp³-hybridized carbons (Fsp3) is 0.359. The molecule has 0 N–H and O–H groups in total. The second kappa shape index (κ2) is 13.2. The highest BCUT2D eigenvalue weighted by Crippen LogP contribution is 2.37. The second-order valence-corrected chi connectivity index (χ2v) is 13.8. The summed E-state index contributed by atoms with van der Waals surface area (Å²) < 4.78 is 36.8. The minimum absolute atomic E-state index is 0.0117. The number of anilines is 1. The van der Waals surface area contributed by atoms with Crippen molar-refractivity contribution in [2.24, 2.45) is 7.05 Å². The van der Waals surface area contributed by atoms with Crippen LogP contribution in [0.2, 0.25) is 0 Å². The number of carbonyl (C=O) groups is 1. The third-order valence-corrected chi connectivity index (χ3v) is 10.3. The smallest absolute Gasteiger partial charge is 0.245 e.